The summed E-state index contributed by atoms with van der Waals surface area (Å²) in [4.78, 5) is 24.0. The number of amides is 2. The molecule has 0 aromatic heterocycles. The van der Waals surface area contributed by atoms with Crippen molar-refractivity contribution in [1.29, 1.82) is 0 Å². The summed E-state index contributed by atoms with van der Waals surface area (Å²) in [5, 5.41) is 2.09. The molecule has 2 amide bonds. The summed E-state index contributed by atoms with van der Waals surface area (Å²) in [5.74, 6) is 0.323. The van der Waals surface area contributed by atoms with Crippen LogP contribution in [0.5, 0.6) is 0 Å². The van der Waals surface area contributed by atoms with Crippen LogP contribution in [-0.4, -0.2) is 37.8 Å². The molecule has 25 heavy (non-hydrogen) atoms. The van der Waals surface area contributed by atoms with Crippen molar-refractivity contribution in [2.45, 2.75) is 21.8 Å². The Kier molecular flexibility index (Phi) is 3.65. The summed E-state index contributed by atoms with van der Waals surface area (Å²) in [5.41, 5.74) is 4.09. The minimum atomic E-state index is -2.29. The topological polar surface area (TPSA) is 46.2 Å². The van der Waals surface area contributed by atoms with Gasteiger partial charge >= 0.3 is 159 Å². The number of carbonyl (C=O) groups excluding carboxylic acids is 2. The summed E-state index contributed by atoms with van der Waals surface area (Å²) in [6, 6.07) is 19.3. The number of hydrogen-bond acceptors (Lipinski definition) is 3. The van der Waals surface area contributed by atoms with Crippen molar-refractivity contribution in [1.82, 2.24) is 5.32 Å². The first-order chi connectivity index (χ1) is 12.2. The van der Waals surface area contributed by atoms with Crippen molar-refractivity contribution in [3.05, 3.63) is 69.1 Å². The van der Waals surface area contributed by atoms with E-state index in [0.717, 1.165) is 0 Å². The van der Waals surface area contributed by atoms with Crippen molar-refractivity contribution >= 4 is 53.2 Å². The third-order valence-corrected chi connectivity index (χ3v) is 19.3. The van der Waals surface area contributed by atoms with E-state index in [1.807, 2.05) is 0 Å². The van der Waals surface area contributed by atoms with Crippen LogP contribution in [0.15, 0.2) is 57.9 Å². The number of rotatable bonds is 3. The second kappa shape index (κ2) is 5.78. The summed E-state index contributed by atoms with van der Waals surface area (Å²) in [7, 11) is 0. The molecule has 2 aromatic carbocycles. The zero-order valence-electron chi connectivity index (χ0n) is 13.7. The second-order valence-corrected chi connectivity index (χ2v) is 16.3. The molecule has 1 saturated heterocycles. The molecule has 5 heteroatoms. The van der Waals surface area contributed by atoms with E-state index in [2.05, 4.69) is 66.8 Å². The number of imide groups is 1. The van der Waals surface area contributed by atoms with Crippen LogP contribution in [0, 0.1) is 0 Å². The van der Waals surface area contributed by atoms with Crippen LogP contribution in [0.4, 0.5) is 4.79 Å². The second-order valence-electron chi connectivity index (χ2n) is 6.91. The van der Waals surface area contributed by atoms with Gasteiger partial charge in [-0.2, -0.15) is 0 Å². The van der Waals surface area contributed by atoms with Gasteiger partial charge in [-0.25, -0.2) is 0 Å². The normalized spacial score (nSPS) is 24.9. The van der Waals surface area contributed by atoms with Gasteiger partial charge in [-0.05, 0) is 0 Å². The molecular formula is C20H16InNO2S. The average molecular weight is 449 g/mol. The first-order valence-electron chi connectivity index (χ1n) is 8.56. The molecule has 4 aliphatic rings. The zero-order valence-corrected chi connectivity index (χ0v) is 17.8. The summed E-state index contributed by atoms with van der Waals surface area (Å²) in [6.07, 6.45) is 0. The molecule has 6 rings (SSSR count). The Morgan fingerprint density at radius 2 is 1.76 bits per heavy atom. The molecule has 3 unspecified atom stereocenters. The molecule has 122 valence electrons. The van der Waals surface area contributed by atoms with Crippen LogP contribution in [0.1, 0.15) is 24.0 Å². The Morgan fingerprint density at radius 3 is 2.44 bits per heavy atom. The Morgan fingerprint density at radius 1 is 1.04 bits per heavy atom. The molecule has 0 spiro atoms. The molecule has 0 saturated carbocycles. The molecule has 0 radical (unpaired) electrons. The summed E-state index contributed by atoms with van der Waals surface area (Å²) < 4.78 is 3.48. The van der Waals surface area contributed by atoms with Crippen LogP contribution in [0.25, 0.3) is 5.57 Å². The van der Waals surface area contributed by atoms with Crippen LogP contribution in [0.2, 0.25) is 3.67 Å². The number of allylic oxidation sites excluding steroid dienone is 2. The van der Waals surface area contributed by atoms with E-state index < -0.39 is 21.4 Å². The van der Waals surface area contributed by atoms with Gasteiger partial charge < -0.3 is 0 Å². The van der Waals surface area contributed by atoms with E-state index in [-0.39, 0.29) is 16.4 Å². The van der Waals surface area contributed by atoms with E-state index in [4.69, 9.17) is 0 Å². The maximum absolute atomic E-state index is 12.3. The number of nitrogens with one attached hydrogen (secondary N) is 1. The van der Waals surface area contributed by atoms with Gasteiger partial charge in [0.15, 0.2) is 0 Å². The van der Waals surface area contributed by atoms with Gasteiger partial charge in [0, 0.05) is 0 Å². The van der Waals surface area contributed by atoms with E-state index in [1.165, 1.54) is 31.8 Å². The molecule has 1 fully saturated rings. The first kappa shape index (κ1) is 15.8. The maximum atomic E-state index is 12.3. The molecule has 3 atom stereocenters. The third-order valence-electron chi connectivity index (χ3n) is 5.73. The summed E-state index contributed by atoms with van der Waals surface area (Å²) in [6.45, 7) is 2.30. The van der Waals surface area contributed by atoms with Gasteiger partial charge in [-0.1, -0.05) is 0 Å². The standard InChI is InChI=1S/C20H16NO2S.In/c1-14(15-8-4-2-5-9-15)12-17(16-10-6-3-7-11-16)13-18-19(22)21-20(23)24-18;/h2-10,13-14,18H,1H3,(H,21,22,23);. The van der Waals surface area contributed by atoms with Crippen molar-refractivity contribution in [2.24, 2.45) is 0 Å². The monoisotopic (exact) mass is 449 g/mol. The van der Waals surface area contributed by atoms with Gasteiger partial charge in [0.2, 0.25) is 0 Å². The van der Waals surface area contributed by atoms with Crippen molar-refractivity contribution in [3.63, 3.8) is 0 Å². The van der Waals surface area contributed by atoms with Gasteiger partial charge in [0.25, 0.3) is 0 Å². The van der Waals surface area contributed by atoms with Crippen LogP contribution >= 0.6 is 11.8 Å². The van der Waals surface area contributed by atoms with Gasteiger partial charge in [0.05, 0.1) is 0 Å². The van der Waals surface area contributed by atoms with E-state index >= 15 is 0 Å². The SMILES string of the molecule is CC([C]1=C2c3cccc[c]3[In]1[CH]2C1SC(=O)NC1=O)c1ccccc1. The number of carbonyl (C=O) groups is 2. The molecule has 3 nitrogen and oxygen atoms in total. The zero-order chi connectivity index (χ0) is 17.1. The average Bonchev–Trinajstić information content (AvgIpc) is 3.24. The Bertz CT molecular complexity index is 940. The molecule has 2 bridgehead atoms. The fourth-order valence-electron chi connectivity index (χ4n) is 4.69. The van der Waals surface area contributed by atoms with Crippen molar-refractivity contribution < 1.29 is 9.59 Å². The van der Waals surface area contributed by atoms with Crippen LogP contribution < -0.4 is 8.64 Å². The molecule has 2 aromatic rings. The predicted octanol–water partition coefficient (Wildman–Crippen LogP) is 3.23. The fourth-order valence-corrected chi connectivity index (χ4v) is 19.7. The quantitative estimate of drug-likeness (QED) is 0.783. The summed E-state index contributed by atoms with van der Waals surface area (Å²) >= 11 is -1.09. The molecule has 0 aliphatic carbocycles. The number of benzene rings is 2. The molecule has 1 N–H and O–H groups in total. The van der Waals surface area contributed by atoms with Gasteiger partial charge in [-0.3, -0.25) is 0 Å². The Hall–Kier alpha value is -1.46. The van der Waals surface area contributed by atoms with Crippen LogP contribution in [0.3, 0.4) is 0 Å². The Labute approximate surface area is 158 Å². The third kappa shape index (κ3) is 2.21. The van der Waals surface area contributed by atoms with Crippen LogP contribution in [-0.2, 0) is 4.79 Å². The van der Waals surface area contributed by atoms with E-state index in [0.29, 0.717) is 9.59 Å². The number of hydrogen-bond donors (Lipinski definition) is 1. The van der Waals surface area contributed by atoms with E-state index in [9.17, 15) is 9.59 Å². The molecule has 4 heterocycles. The fraction of sp³-hybridized carbons (Fsp3) is 0.200. The van der Waals surface area contributed by atoms with Crippen molar-refractivity contribution in [2.75, 3.05) is 0 Å². The van der Waals surface area contributed by atoms with Gasteiger partial charge in [0.1, 0.15) is 0 Å². The molecule has 4 aliphatic heterocycles. The first-order valence-corrected chi connectivity index (χ1v) is 14.6. The predicted molar refractivity (Wildman–Crippen MR) is 102 cm³/mol. The Balaban J connectivity index is 1.60. The van der Waals surface area contributed by atoms with E-state index in [1.54, 1.807) is 3.33 Å². The van der Waals surface area contributed by atoms with Crippen molar-refractivity contribution in [3.8, 4) is 0 Å². The van der Waals surface area contributed by atoms with Gasteiger partial charge in [-0.15, -0.1) is 0 Å². The minimum absolute atomic E-state index is 0.0848. The number of thioether (sulfide) groups is 1. The molecular weight excluding hydrogens is 433 g/mol.